The molecule has 0 atom stereocenters. The topological polar surface area (TPSA) is 71.5 Å². The molecule has 1 heterocycles. The maximum Gasteiger partial charge on any atom is 0.246 e. The van der Waals surface area contributed by atoms with E-state index in [1.54, 1.807) is 0 Å². The molecule has 0 radical (unpaired) electrons. The summed E-state index contributed by atoms with van der Waals surface area (Å²) in [6.07, 6.45) is 3.96. The molecule has 2 aliphatic rings. The molecule has 0 aromatic heterocycles. The molecular weight excluding hydrogens is 230 g/mol. The summed E-state index contributed by atoms with van der Waals surface area (Å²) in [5, 5.41) is -0.535. The molecule has 5 nitrogen and oxygen atoms in total. The second kappa shape index (κ2) is 4.16. The van der Waals surface area contributed by atoms with E-state index in [9.17, 15) is 18.0 Å². The van der Waals surface area contributed by atoms with E-state index in [-0.39, 0.29) is 12.8 Å². The first-order valence-corrected chi connectivity index (χ1v) is 7.13. The molecule has 0 spiro atoms. The number of amides is 2. The molecule has 2 fully saturated rings. The normalized spacial score (nSPS) is 24.1. The molecule has 0 aromatic carbocycles. The zero-order valence-corrected chi connectivity index (χ0v) is 9.83. The van der Waals surface area contributed by atoms with Crippen molar-refractivity contribution in [2.75, 3.05) is 0 Å². The first-order chi connectivity index (χ1) is 7.53. The molecule has 90 valence electrons. The first kappa shape index (κ1) is 11.6. The number of imide groups is 1. The van der Waals surface area contributed by atoms with Crippen molar-refractivity contribution >= 4 is 21.8 Å². The van der Waals surface area contributed by atoms with Crippen LogP contribution in [0.3, 0.4) is 0 Å². The van der Waals surface area contributed by atoms with Gasteiger partial charge in [-0.05, 0) is 12.8 Å². The molecule has 0 unspecified atom stereocenters. The van der Waals surface area contributed by atoms with Crippen molar-refractivity contribution in [1.82, 2.24) is 4.31 Å². The highest BCUT2D eigenvalue weighted by atomic mass is 32.2. The molecule has 0 N–H and O–H groups in total. The van der Waals surface area contributed by atoms with Gasteiger partial charge < -0.3 is 0 Å². The van der Waals surface area contributed by atoms with Crippen molar-refractivity contribution in [3.8, 4) is 0 Å². The number of nitrogens with zero attached hydrogens (tertiary/aromatic N) is 1. The molecule has 1 saturated carbocycles. The minimum atomic E-state index is -3.73. The highest BCUT2D eigenvalue weighted by Crippen LogP contribution is 2.28. The lowest BCUT2D eigenvalue weighted by molar-refractivity contribution is -0.132. The number of hydrogen-bond donors (Lipinski definition) is 0. The highest BCUT2D eigenvalue weighted by Gasteiger charge is 2.43. The van der Waals surface area contributed by atoms with Gasteiger partial charge >= 0.3 is 0 Å². The molecule has 16 heavy (non-hydrogen) atoms. The molecule has 6 heteroatoms. The van der Waals surface area contributed by atoms with E-state index in [0.29, 0.717) is 17.1 Å². The van der Waals surface area contributed by atoms with Crippen LogP contribution in [-0.2, 0) is 19.6 Å². The van der Waals surface area contributed by atoms with E-state index in [1.165, 1.54) is 0 Å². The van der Waals surface area contributed by atoms with E-state index in [1.807, 2.05) is 0 Å². The van der Waals surface area contributed by atoms with Gasteiger partial charge in [0.1, 0.15) is 0 Å². The second-order valence-electron chi connectivity index (χ2n) is 4.36. The van der Waals surface area contributed by atoms with Crippen LogP contribution in [0.15, 0.2) is 0 Å². The van der Waals surface area contributed by atoms with Crippen molar-refractivity contribution in [2.24, 2.45) is 0 Å². The minimum absolute atomic E-state index is 0.0325. The monoisotopic (exact) mass is 245 g/mol. The van der Waals surface area contributed by atoms with Crippen LogP contribution in [0, 0.1) is 0 Å². The Labute approximate surface area is 94.9 Å². The zero-order chi connectivity index (χ0) is 11.8. The van der Waals surface area contributed by atoms with Crippen LogP contribution in [0.25, 0.3) is 0 Å². The fraction of sp³-hybridized carbons (Fsp3) is 0.800. The Bertz CT molecular complexity index is 393. The standard InChI is InChI=1S/C10H15NO4S/c12-9-6-7-10(13)11(9)16(14,15)8-4-2-1-3-5-8/h8H,1-7H2. The van der Waals surface area contributed by atoms with E-state index < -0.39 is 27.1 Å². The Morgan fingerprint density at radius 1 is 0.938 bits per heavy atom. The van der Waals surface area contributed by atoms with Gasteiger partial charge in [-0.1, -0.05) is 19.3 Å². The molecule has 0 bridgehead atoms. The van der Waals surface area contributed by atoms with E-state index >= 15 is 0 Å². The summed E-state index contributed by atoms with van der Waals surface area (Å²) < 4.78 is 24.7. The van der Waals surface area contributed by atoms with Crippen LogP contribution < -0.4 is 0 Å². The summed E-state index contributed by atoms with van der Waals surface area (Å²) in [6, 6.07) is 0. The average Bonchev–Trinajstić information content (AvgIpc) is 2.60. The van der Waals surface area contributed by atoms with Gasteiger partial charge in [-0.15, -0.1) is 0 Å². The summed E-state index contributed by atoms with van der Waals surface area (Å²) in [5.74, 6) is -1.12. The highest BCUT2D eigenvalue weighted by molar-refractivity contribution is 7.90. The summed E-state index contributed by atoms with van der Waals surface area (Å²) in [5.41, 5.74) is 0. The lowest BCUT2D eigenvalue weighted by Crippen LogP contribution is -2.42. The number of carbonyl (C=O) groups is 2. The minimum Gasteiger partial charge on any atom is -0.273 e. The van der Waals surface area contributed by atoms with Crippen molar-refractivity contribution in [2.45, 2.75) is 50.2 Å². The van der Waals surface area contributed by atoms with Gasteiger partial charge in [0.2, 0.25) is 21.8 Å². The van der Waals surface area contributed by atoms with Crippen LogP contribution in [0.2, 0.25) is 0 Å². The molecule has 1 saturated heterocycles. The summed E-state index contributed by atoms with van der Waals surface area (Å²) in [6.45, 7) is 0. The maximum absolute atomic E-state index is 12.1. The third kappa shape index (κ3) is 1.86. The number of carbonyl (C=O) groups excluding carboxylic acids is 2. The Balaban J connectivity index is 2.23. The van der Waals surface area contributed by atoms with Crippen molar-refractivity contribution in [1.29, 1.82) is 0 Å². The Hall–Kier alpha value is -0.910. The van der Waals surface area contributed by atoms with Crippen molar-refractivity contribution < 1.29 is 18.0 Å². The third-order valence-corrected chi connectivity index (χ3v) is 5.46. The zero-order valence-electron chi connectivity index (χ0n) is 9.02. The van der Waals surface area contributed by atoms with E-state index in [4.69, 9.17) is 0 Å². The van der Waals surface area contributed by atoms with E-state index in [2.05, 4.69) is 0 Å². The Morgan fingerprint density at radius 2 is 1.44 bits per heavy atom. The molecule has 2 rings (SSSR count). The van der Waals surface area contributed by atoms with Crippen LogP contribution in [-0.4, -0.2) is 29.8 Å². The predicted octanol–water partition coefficient (Wildman–Crippen LogP) is 0.798. The summed E-state index contributed by atoms with van der Waals surface area (Å²) >= 11 is 0. The van der Waals surface area contributed by atoms with Crippen LogP contribution in [0.4, 0.5) is 0 Å². The average molecular weight is 245 g/mol. The Kier molecular flexibility index (Phi) is 3.01. The van der Waals surface area contributed by atoms with Crippen molar-refractivity contribution in [3.63, 3.8) is 0 Å². The Morgan fingerprint density at radius 3 is 1.94 bits per heavy atom. The van der Waals surface area contributed by atoms with Crippen LogP contribution in [0.1, 0.15) is 44.9 Å². The van der Waals surface area contributed by atoms with Gasteiger partial charge in [0, 0.05) is 12.8 Å². The largest absolute Gasteiger partial charge is 0.273 e. The number of hydrogen-bond acceptors (Lipinski definition) is 4. The molecular formula is C10H15NO4S. The predicted molar refractivity (Wildman–Crippen MR) is 56.9 cm³/mol. The summed E-state index contributed by atoms with van der Waals surface area (Å²) in [4.78, 5) is 22.8. The van der Waals surface area contributed by atoms with E-state index in [0.717, 1.165) is 19.3 Å². The smallest absolute Gasteiger partial charge is 0.246 e. The van der Waals surface area contributed by atoms with Crippen molar-refractivity contribution in [3.05, 3.63) is 0 Å². The van der Waals surface area contributed by atoms with Crippen LogP contribution >= 0.6 is 0 Å². The maximum atomic E-state index is 12.1. The van der Waals surface area contributed by atoms with Gasteiger partial charge in [0.15, 0.2) is 0 Å². The number of rotatable bonds is 2. The fourth-order valence-corrected chi connectivity index (χ4v) is 4.33. The van der Waals surface area contributed by atoms with Gasteiger partial charge in [0.25, 0.3) is 0 Å². The quantitative estimate of drug-likeness (QED) is 0.674. The molecule has 0 aromatic rings. The SMILES string of the molecule is O=C1CCC(=O)N1S(=O)(=O)C1CCCCC1. The lowest BCUT2D eigenvalue weighted by Gasteiger charge is -2.25. The summed E-state index contributed by atoms with van der Waals surface area (Å²) in [7, 11) is -3.73. The molecule has 1 aliphatic carbocycles. The fourth-order valence-electron chi connectivity index (χ4n) is 2.35. The third-order valence-electron chi connectivity index (χ3n) is 3.23. The first-order valence-electron chi connectivity index (χ1n) is 5.63. The molecule has 1 aliphatic heterocycles. The van der Waals surface area contributed by atoms with Crippen LogP contribution in [0.5, 0.6) is 0 Å². The molecule has 2 amide bonds. The lowest BCUT2D eigenvalue weighted by atomic mass is 10.0. The van der Waals surface area contributed by atoms with Gasteiger partial charge in [0.05, 0.1) is 5.25 Å². The van der Waals surface area contributed by atoms with Gasteiger partial charge in [-0.25, -0.2) is 8.42 Å². The number of sulfonamides is 1. The van der Waals surface area contributed by atoms with Gasteiger partial charge in [-0.2, -0.15) is 4.31 Å². The van der Waals surface area contributed by atoms with Gasteiger partial charge in [-0.3, -0.25) is 9.59 Å². The second-order valence-corrected chi connectivity index (χ2v) is 6.42.